The summed E-state index contributed by atoms with van der Waals surface area (Å²) in [6.45, 7) is 12.9. The van der Waals surface area contributed by atoms with Gasteiger partial charge in [-0.25, -0.2) is 0 Å². The van der Waals surface area contributed by atoms with Gasteiger partial charge in [-0.2, -0.15) is 0 Å². The highest BCUT2D eigenvalue weighted by Crippen LogP contribution is 2.26. The van der Waals surface area contributed by atoms with Crippen molar-refractivity contribution in [3.8, 4) is 0 Å². The monoisotopic (exact) mass is 201 g/mol. The summed E-state index contributed by atoms with van der Waals surface area (Å²) in [5.41, 5.74) is 0.594. The third-order valence-corrected chi connectivity index (χ3v) is 2.21. The number of rotatable bonds is 5. The molecule has 84 valence electrons. The SMILES string of the molecule is CC(C)(C)CNCOCC1(C)COC1. The molecule has 0 saturated carbocycles. The summed E-state index contributed by atoms with van der Waals surface area (Å²) < 4.78 is 10.7. The molecule has 0 aromatic heterocycles. The fourth-order valence-corrected chi connectivity index (χ4v) is 1.33. The van der Waals surface area contributed by atoms with Gasteiger partial charge in [-0.3, -0.25) is 5.32 Å². The van der Waals surface area contributed by atoms with E-state index < -0.39 is 0 Å². The fraction of sp³-hybridized carbons (Fsp3) is 1.00. The third-order valence-electron chi connectivity index (χ3n) is 2.21. The minimum atomic E-state index is 0.267. The van der Waals surface area contributed by atoms with E-state index in [0.717, 1.165) is 26.4 Å². The van der Waals surface area contributed by atoms with E-state index in [1.807, 2.05) is 0 Å². The molecule has 14 heavy (non-hydrogen) atoms. The molecule has 0 aromatic carbocycles. The molecule has 1 aliphatic rings. The van der Waals surface area contributed by atoms with Crippen molar-refractivity contribution < 1.29 is 9.47 Å². The highest BCUT2D eigenvalue weighted by atomic mass is 16.5. The maximum atomic E-state index is 5.54. The first-order chi connectivity index (χ1) is 6.41. The van der Waals surface area contributed by atoms with Gasteiger partial charge in [-0.1, -0.05) is 27.7 Å². The molecule has 3 heteroatoms. The van der Waals surface area contributed by atoms with E-state index in [0.29, 0.717) is 12.1 Å². The Bertz CT molecular complexity index is 171. The highest BCUT2D eigenvalue weighted by molar-refractivity contribution is 4.80. The van der Waals surface area contributed by atoms with Gasteiger partial charge in [0, 0.05) is 12.0 Å². The zero-order chi connectivity index (χ0) is 10.7. The zero-order valence-electron chi connectivity index (χ0n) is 9.85. The molecule has 0 radical (unpaired) electrons. The van der Waals surface area contributed by atoms with Crippen LogP contribution in [0.2, 0.25) is 0 Å². The van der Waals surface area contributed by atoms with Gasteiger partial charge in [0.05, 0.1) is 26.6 Å². The van der Waals surface area contributed by atoms with E-state index in [4.69, 9.17) is 9.47 Å². The molecule has 0 bridgehead atoms. The molecule has 1 aliphatic heterocycles. The summed E-state index contributed by atoms with van der Waals surface area (Å²) in [6.07, 6.45) is 0. The summed E-state index contributed by atoms with van der Waals surface area (Å²) in [5, 5.41) is 3.28. The van der Waals surface area contributed by atoms with Crippen molar-refractivity contribution in [2.45, 2.75) is 27.7 Å². The molecule has 3 nitrogen and oxygen atoms in total. The lowest BCUT2D eigenvalue weighted by molar-refractivity contribution is -0.139. The lowest BCUT2D eigenvalue weighted by Crippen LogP contribution is -2.44. The van der Waals surface area contributed by atoms with Crippen LogP contribution in [0.3, 0.4) is 0 Å². The highest BCUT2D eigenvalue weighted by Gasteiger charge is 2.33. The Labute approximate surface area is 87.2 Å². The molecule has 0 aromatic rings. The van der Waals surface area contributed by atoms with Gasteiger partial charge in [-0.05, 0) is 5.41 Å². The van der Waals surface area contributed by atoms with Crippen LogP contribution in [0, 0.1) is 10.8 Å². The Morgan fingerprint density at radius 2 is 2.00 bits per heavy atom. The summed E-state index contributed by atoms with van der Waals surface area (Å²) in [4.78, 5) is 0. The van der Waals surface area contributed by atoms with Crippen LogP contribution in [0.5, 0.6) is 0 Å². The largest absolute Gasteiger partial charge is 0.380 e. The molecular weight excluding hydrogens is 178 g/mol. The van der Waals surface area contributed by atoms with E-state index in [9.17, 15) is 0 Å². The van der Waals surface area contributed by atoms with Crippen molar-refractivity contribution in [3.05, 3.63) is 0 Å². The number of hydrogen-bond donors (Lipinski definition) is 1. The van der Waals surface area contributed by atoms with Crippen LogP contribution in [0.4, 0.5) is 0 Å². The Balaban J connectivity index is 1.94. The normalized spacial score (nSPS) is 20.6. The van der Waals surface area contributed by atoms with Crippen LogP contribution in [0.1, 0.15) is 27.7 Å². The summed E-state index contributed by atoms with van der Waals surface area (Å²) in [5.74, 6) is 0. The van der Waals surface area contributed by atoms with Crippen LogP contribution in [-0.2, 0) is 9.47 Å². The molecule has 0 atom stereocenters. The predicted molar refractivity (Wildman–Crippen MR) is 57.2 cm³/mol. The van der Waals surface area contributed by atoms with Crippen molar-refractivity contribution in [1.82, 2.24) is 5.32 Å². The van der Waals surface area contributed by atoms with Gasteiger partial charge in [0.1, 0.15) is 0 Å². The van der Waals surface area contributed by atoms with Gasteiger partial charge in [0.2, 0.25) is 0 Å². The number of nitrogens with one attached hydrogen (secondary N) is 1. The molecule has 0 unspecified atom stereocenters. The van der Waals surface area contributed by atoms with Crippen LogP contribution in [0.15, 0.2) is 0 Å². The molecule has 1 saturated heterocycles. The molecule has 1 N–H and O–H groups in total. The van der Waals surface area contributed by atoms with Gasteiger partial charge in [0.15, 0.2) is 0 Å². The van der Waals surface area contributed by atoms with Crippen LogP contribution >= 0.6 is 0 Å². The van der Waals surface area contributed by atoms with Crippen LogP contribution in [0.25, 0.3) is 0 Å². The van der Waals surface area contributed by atoms with Crippen LogP contribution in [-0.4, -0.2) is 33.1 Å². The van der Waals surface area contributed by atoms with Crippen molar-refractivity contribution in [1.29, 1.82) is 0 Å². The molecule has 0 aliphatic carbocycles. The Morgan fingerprint density at radius 1 is 1.36 bits per heavy atom. The number of ether oxygens (including phenoxy) is 2. The molecular formula is C11H23NO2. The predicted octanol–water partition coefficient (Wildman–Crippen LogP) is 1.63. The smallest absolute Gasteiger partial charge is 0.0965 e. The van der Waals surface area contributed by atoms with E-state index >= 15 is 0 Å². The van der Waals surface area contributed by atoms with E-state index in [1.54, 1.807) is 0 Å². The summed E-state index contributed by atoms with van der Waals surface area (Å²) >= 11 is 0. The lowest BCUT2D eigenvalue weighted by atomic mass is 9.90. The Morgan fingerprint density at radius 3 is 2.43 bits per heavy atom. The second-order valence-electron chi connectivity index (χ2n) is 5.78. The topological polar surface area (TPSA) is 30.5 Å². The van der Waals surface area contributed by atoms with Crippen molar-refractivity contribution in [2.24, 2.45) is 10.8 Å². The minimum Gasteiger partial charge on any atom is -0.380 e. The maximum Gasteiger partial charge on any atom is 0.0965 e. The maximum absolute atomic E-state index is 5.54. The minimum absolute atomic E-state index is 0.267. The van der Waals surface area contributed by atoms with Gasteiger partial charge < -0.3 is 9.47 Å². The third kappa shape index (κ3) is 4.40. The molecule has 1 heterocycles. The Kier molecular flexibility index (Phi) is 3.93. The quantitative estimate of drug-likeness (QED) is 0.542. The van der Waals surface area contributed by atoms with E-state index in [-0.39, 0.29) is 5.41 Å². The zero-order valence-corrected chi connectivity index (χ0v) is 9.85. The number of hydrogen-bond acceptors (Lipinski definition) is 3. The van der Waals surface area contributed by atoms with Gasteiger partial charge >= 0.3 is 0 Å². The van der Waals surface area contributed by atoms with Crippen LogP contribution < -0.4 is 5.32 Å². The first kappa shape index (κ1) is 12.0. The average molecular weight is 201 g/mol. The average Bonchev–Trinajstić information content (AvgIpc) is 1.98. The van der Waals surface area contributed by atoms with Crippen molar-refractivity contribution in [3.63, 3.8) is 0 Å². The molecule has 1 rings (SSSR count). The summed E-state index contributed by atoms with van der Waals surface area (Å²) in [6, 6.07) is 0. The standard InChI is InChI=1S/C11H23NO2/c1-10(2,3)5-12-9-14-8-11(4)6-13-7-11/h12H,5-9H2,1-4H3. The van der Waals surface area contributed by atoms with Gasteiger partial charge in [-0.15, -0.1) is 0 Å². The second kappa shape index (κ2) is 4.60. The fourth-order valence-electron chi connectivity index (χ4n) is 1.33. The summed E-state index contributed by atoms with van der Waals surface area (Å²) in [7, 11) is 0. The second-order valence-corrected chi connectivity index (χ2v) is 5.78. The first-order valence-corrected chi connectivity index (χ1v) is 5.28. The van der Waals surface area contributed by atoms with Gasteiger partial charge in [0.25, 0.3) is 0 Å². The molecule has 0 spiro atoms. The lowest BCUT2D eigenvalue weighted by Gasteiger charge is -2.37. The van der Waals surface area contributed by atoms with Crippen molar-refractivity contribution in [2.75, 3.05) is 33.1 Å². The Hall–Kier alpha value is -0.120. The van der Waals surface area contributed by atoms with E-state index in [1.165, 1.54) is 0 Å². The van der Waals surface area contributed by atoms with Crippen molar-refractivity contribution >= 4 is 0 Å². The first-order valence-electron chi connectivity index (χ1n) is 5.28. The molecule has 0 amide bonds. The van der Waals surface area contributed by atoms with E-state index in [2.05, 4.69) is 33.0 Å². The molecule has 1 fully saturated rings.